The van der Waals surface area contributed by atoms with Crippen LogP contribution >= 0.6 is 11.3 Å². The molecule has 0 saturated heterocycles. The molecular weight excluding hydrogens is 240 g/mol. The van der Waals surface area contributed by atoms with Crippen molar-refractivity contribution >= 4 is 17.4 Å². The second-order valence-corrected chi connectivity index (χ2v) is 4.69. The lowest BCUT2D eigenvalue weighted by Crippen LogP contribution is -2.41. The van der Waals surface area contributed by atoms with Gasteiger partial charge in [0.05, 0.1) is 19.2 Å². The van der Waals surface area contributed by atoms with E-state index < -0.39 is 6.09 Å². The topological polar surface area (TPSA) is 61.8 Å². The number of thiophene rings is 1. The third-order valence-electron chi connectivity index (χ3n) is 2.56. The van der Waals surface area contributed by atoms with Gasteiger partial charge in [-0.2, -0.15) is 5.48 Å². The first-order chi connectivity index (χ1) is 8.22. The second-order valence-electron chi connectivity index (χ2n) is 3.74. The Bertz CT molecular complexity index is 419. The van der Waals surface area contributed by atoms with Crippen LogP contribution in [0, 0.1) is 0 Å². The van der Waals surface area contributed by atoms with Crippen LogP contribution in [0.5, 0.6) is 0 Å². The molecule has 0 radical (unpaired) electrons. The van der Waals surface area contributed by atoms with Gasteiger partial charge in [-0.3, -0.25) is 4.84 Å². The first-order valence-corrected chi connectivity index (χ1v) is 6.12. The Labute approximate surface area is 103 Å². The van der Waals surface area contributed by atoms with Crippen LogP contribution in [0.3, 0.4) is 0 Å². The van der Waals surface area contributed by atoms with Crippen molar-refractivity contribution in [3.8, 4) is 0 Å². The molecule has 1 aliphatic rings. The van der Waals surface area contributed by atoms with Crippen LogP contribution in [0.4, 0.5) is 4.79 Å². The quantitative estimate of drug-likeness (QED) is 0.490. The standard InChI is InChI=1S/C11H14N2O3S/c1-2-4-16-12-9-7-13(11(14)15)6-8-3-5-17-10(8)9/h2-3,5,9,12H,1,4,6-7H2,(H,14,15). The number of carboxylic acid groups (broad SMARTS) is 1. The predicted molar refractivity (Wildman–Crippen MR) is 64.8 cm³/mol. The van der Waals surface area contributed by atoms with Crippen LogP contribution in [0.15, 0.2) is 24.1 Å². The van der Waals surface area contributed by atoms with E-state index in [1.54, 1.807) is 17.4 Å². The third kappa shape index (κ3) is 2.66. The number of nitrogens with one attached hydrogen (secondary N) is 1. The molecule has 5 nitrogen and oxygen atoms in total. The van der Waals surface area contributed by atoms with Gasteiger partial charge in [-0.1, -0.05) is 6.08 Å². The van der Waals surface area contributed by atoms with Gasteiger partial charge in [0.1, 0.15) is 0 Å². The summed E-state index contributed by atoms with van der Waals surface area (Å²) in [5.41, 5.74) is 3.93. The molecule has 2 heterocycles. The predicted octanol–water partition coefficient (Wildman–Crippen LogP) is 1.99. The summed E-state index contributed by atoms with van der Waals surface area (Å²) in [6.07, 6.45) is 0.734. The lowest BCUT2D eigenvalue weighted by molar-refractivity contribution is 0.0203. The van der Waals surface area contributed by atoms with Crippen LogP contribution in [0.2, 0.25) is 0 Å². The molecule has 6 heteroatoms. The smallest absolute Gasteiger partial charge is 0.407 e. The van der Waals surface area contributed by atoms with Gasteiger partial charge in [-0.15, -0.1) is 17.9 Å². The molecule has 0 saturated carbocycles. The van der Waals surface area contributed by atoms with E-state index >= 15 is 0 Å². The van der Waals surface area contributed by atoms with Gasteiger partial charge >= 0.3 is 6.09 Å². The van der Waals surface area contributed by atoms with E-state index in [-0.39, 0.29) is 6.04 Å². The molecule has 0 aliphatic carbocycles. The Morgan fingerprint density at radius 1 is 1.82 bits per heavy atom. The fourth-order valence-corrected chi connectivity index (χ4v) is 2.75. The van der Waals surface area contributed by atoms with Crippen LogP contribution in [-0.4, -0.2) is 29.3 Å². The molecule has 92 valence electrons. The van der Waals surface area contributed by atoms with Gasteiger partial charge in [0.25, 0.3) is 0 Å². The lowest BCUT2D eigenvalue weighted by atomic mass is 10.1. The third-order valence-corrected chi connectivity index (χ3v) is 3.63. The zero-order valence-corrected chi connectivity index (χ0v) is 10.1. The number of hydrogen-bond acceptors (Lipinski definition) is 4. The largest absolute Gasteiger partial charge is 0.465 e. The highest BCUT2D eigenvalue weighted by atomic mass is 32.1. The number of carbonyl (C=O) groups is 1. The fourth-order valence-electron chi connectivity index (χ4n) is 1.80. The highest BCUT2D eigenvalue weighted by Crippen LogP contribution is 2.31. The van der Waals surface area contributed by atoms with Crippen molar-refractivity contribution in [3.63, 3.8) is 0 Å². The van der Waals surface area contributed by atoms with E-state index in [0.717, 1.165) is 10.4 Å². The maximum Gasteiger partial charge on any atom is 0.407 e. The van der Waals surface area contributed by atoms with Gasteiger partial charge in [-0.05, 0) is 17.0 Å². The molecule has 17 heavy (non-hydrogen) atoms. The summed E-state index contributed by atoms with van der Waals surface area (Å²) < 4.78 is 0. The van der Waals surface area contributed by atoms with Crippen molar-refractivity contribution in [2.24, 2.45) is 0 Å². The number of hydroxylamine groups is 1. The zero-order chi connectivity index (χ0) is 12.3. The van der Waals surface area contributed by atoms with Crippen molar-refractivity contribution < 1.29 is 14.7 Å². The number of nitrogens with zero attached hydrogens (tertiary/aromatic N) is 1. The number of amides is 1. The molecule has 1 aliphatic heterocycles. The molecule has 1 unspecified atom stereocenters. The van der Waals surface area contributed by atoms with Crippen LogP contribution in [0.1, 0.15) is 16.5 Å². The second kappa shape index (κ2) is 5.31. The van der Waals surface area contributed by atoms with Crippen LogP contribution < -0.4 is 5.48 Å². The molecule has 1 atom stereocenters. The number of rotatable bonds is 4. The van der Waals surface area contributed by atoms with Crippen molar-refractivity contribution in [1.82, 2.24) is 10.4 Å². The summed E-state index contributed by atoms with van der Waals surface area (Å²) in [5, 5.41) is 11.0. The molecule has 2 N–H and O–H groups in total. The van der Waals surface area contributed by atoms with Gasteiger partial charge in [0, 0.05) is 11.4 Å². The average molecular weight is 254 g/mol. The fraction of sp³-hybridized carbons (Fsp3) is 0.364. The van der Waals surface area contributed by atoms with Gasteiger partial charge in [0.15, 0.2) is 0 Å². The summed E-state index contributed by atoms with van der Waals surface area (Å²) in [6, 6.07) is 1.85. The summed E-state index contributed by atoms with van der Waals surface area (Å²) >= 11 is 1.62. The molecule has 0 fully saturated rings. The summed E-state index contributed by atoms with van der Waals surface area (Å²) in [7, 11) is 0. The minimum atomic E-state index is -0.905. The minimum absolute atomic E-state index is 0.102. The molecule has 1 aromatic rings. The molecule has 0 aromatic carbocycles. The first kappa shape index (κ1) is 12.1. The monoisotopic (exact) mass is 254 g/mol. The minimum Gasteiger partial charge on any atom is -0.465 e. The summed E-state index contributed by atoms with van der Waals surface area (Å²) in [5.74, 6) is 0. The Kier molecular flexibility index (Phi) is 3.78. The van der Waals surface area contributed by atoms with Crippen molar-refractivity contribution in [2.75, 3.05) is 13.2 Å². The van der Waals surface area contributed by atoms with Crippen molar-refractivity contribution in [1.29, 1.82) is 0 Å². The maximum atomic E-state index is 11.0. The van der Waals surface area contributed by atoms with Gasteiger partial charge in [0.2, 0.25) is 0 Å². The van der Waals surface area contributed by atoms with E-state index in [0.29, 0.717) is 19.7 Å². The molecule has 1 amide bonds. The first-order valence-electron chi connectivity index (χ1n) is 5.24. The van der Waals surface area contributed by atoms with Crippen molar-refractivity contribution in [2.45, 2.75) is 12.6 Å². The Hall–Kier alpha value is -1.37. The van der Waals surface area contributed by atoms with Crippen molar-refractivity contribution in [3.05, 3.63) is 34.5 Å². The number of hydrogen-bond donors (Lipinski definition) is 2. The van der Waals surface area contributed by atoms with E-state index in [4.69, 9.17) is 9.94 Å². The average Bonchev–Trinajstić information content (AvgIpc) is 2.77. The van der Waals surface area contributed by atoms with E-state index in [1.165, 1.54) is 4.90 Å². The molecule has 0 bridgehead atoms. The SMILES string of the molecule is C=CCONC1CN(C(=O)O)Cc2ccsc21. The van der Waals surface area contributed by atoms with Crippen LogP contribution in [0.25, 0.3) is 0 Å². The molecule has 2 rings (SSSR count). The molecule has 1 aromatic heterocycles. The molecular formula is C11H14N2O3S. The highest BCUT2D eigenvalue weighted by Gasteiger charge is 2.29. The Morgan fingerprint density at radius 2 is 2.65 bits per heavy atom. The zero-order valence-electron chi connectivity index (χ0n) is 9.26. The van der Waals surface area contributed by atoms with E-state index in [2.05, 4.69) is 12.1 Å². The van der Waals surface area contributed by atoms with Gasteiger partial charge < -0.3 is 10.0 Å². The maximum absolute atomic E-state index is 11.0. The molecule has 0 spiro atoms. The highest BCUT2D eigenvalue weighted by molar-refractivity contribution is 7.10. The van der Waals surface area contributed by atoms with E-state index in [1.807, 2.05) is 11.4 Å². The summed E-state index contributed by atoms with van der Waals surface area (Å²) in [4.78, 5) is 18.7. The summed E-state index contributed by atoms with van der Waals surface area (Å²) in [6.45, 7) is 4.80. The van der Waals surface area contributed by atoms with Gasteiger partial charge in [-0.25, -0.2) is 4.79 Å². The Morgan fingerprint density at radius 3 is 3.35 bits per heavy atom. The number of fused-ring (bicyclic) bond motifs is 1. The lowest BCUT2D eigenvalue weighted by Gasteiger charge is -2.30. The van der Waals surface area contributed by atoms with E-state index in [9.17, 15) is 4.79 Å². The normalized spacial score (nSPS) is 18.8. The Balaban J connectivity index is 2.09. The van der Waals surface area contributed by atoms with Crippen LogP contribution in [-0.2, 0) is 11.4 Å².